The number of hydrogen-bond acceptors (Lipinski definition) is 6. The van der Waals surface area contributed by atoms with E-state index in [9.17, 15) is 14.4 Å². The Morgan fingerprint density at radius 2 is 1.71 bits per heavy atom. The molecule has 0 aliphatic carbocycles. The molecule has 1 aromatic heterocycles. The SMILES string of the molecule is Cc1nc(N2CCC(C(C)C)CC2)ccc1Nc1ccc(CNC(=O)C2CC(=O)NC(=O)C2)cc1. The monoisotopic (exact) mass is 477 g/mol. The van der Waals surface area contributed by atoms with E-state index in [0.717, 1.165) is 53.4 Å². The van der Waals surface area contributed by atoms with Gasteiger partial charge in [0.05, 0.1) is 17.3 Å². The summed E-state index contributed by atoms with van der Waals surface area (Å²) in [7, 11) is 0. The predicted molar refractivity (Wildman–Crippen MR) is 136 cm³/mol. The van der Waals surface area contributed by atoms with Gasteiger partial charge in [-0.2, -0.15) is 0 Å². The average Bonchev–Trinajstić information content (AvgIpc) is 2.84. The lowest BCUT2D eigenvalue weighted by atomic mass is 9.87. The fourth-order valence-electron chi connectivity index (χ4n) is 4.81. The number of carbonyl (C=O) groups is 3. The van der Waals surface area contributed by atoms with Gasteiger partial charge in [0.25, 0.3) is 0 Å². The standard InChI is InChI=1S/C27H35N5O3/c1-17(2)20-10-12-32(13-11-20)24-9-8-23(18(3)29-24)30-22-6-4-19(5-7-22)16-28-27(35)21-14-25(33)31-26(34)15-21/h4-9,17,20-21,30H,10-16H2,1-3H3,(H,28,35)(H,31,33,34). The largest absolute Gasteiger partial charge is 0.357 e. The molecule has 2 aliphatic heterocycles. The molecule has 2 aliphatic rings. The zero-order valence-electron chi connectivity index (χ0n) is 20.8. The molecule has 1 aromatic carbocycles. The van der Waals surface area contributed by atoms with Crippen LogP contribution in [-0.4, -0.2) is 35.8 Å². The molecule has 2 saturated heterocycles. The number of pyridine rings is 1. The van der Waals surface area contributed by atoms with Crippen LogP contribution in [0.5, 0.6) is 0 Å². The van der Waals surface area contributed by atoms with Crippen molar-refractivity contribution in [2.24, 2.45) is 17.8 Å². The first-order chi connectivity index (χ1) is 16.8. The van der Waals surface area contributed by atoms with E-state index in [1.54, 1.807) is 0 Å². The third kappa shape index (κ3) is 6.38. The maximum Gasteiger partial charge on any atom is 0.227 e. The molecule has 4 rings (SSSR count). The maximum absolute atomic E-state index is 12.3. The van der Waals surface area contributed by atoms with E-state index < -0.39 is 17.7 Å². The molecule has 3 amide bonds. The average molecular weight is 478 g/mol. The summed E-state index contributed by atoms with van der Waals surface area (Å²) in [6, 6.07) is 12.0. The third-order valence-corrected chi connectivity index (χ3v) is 7.09. The van der Waals surface area contributed by atoms with Gasteiger partial charge in [0.1, 0.15) is 5.82 Å². The van der Waals surface area contributed by atoms with E-state index in [1.807, 2.05) is 31.2 Å². The zero-order valence-corrected chi connectivity index (χ0v) is 20.8. The van der Waals surface area contributed by atoms with Crippen LogP contribution in [-0.2, 0) is 20.9 Å². The summed E-state index contributed by atoms with van der Waals surface area (Å²) < 4.78 is 0. The van der Waals surface area contributed by atoms with Crippen LogP contribution in [0.4, 0.5) is 17.2 Å². The molecule has 0 bridgehead atoms. The molecule has 8 heteroatoms. The number of carbonyl (C=O) groups excluding carboxylic acids is 3. The molecule has 2 aromatic rings. The number of benzene rings is 1. The number of anilines is 3. The minimum absolute atomic E-state index is 0.0445. The molecule has 3 N–H and O–H groups in total. The Labute approximate surface area is 206 Å². The van der Waals surface area contributed by atoms with Crippen molar-refractivity contribution in [3.05, 3.63) is 47.7 Å². The quantitative estimate of drug-likeness (QED) is 0.526. The molecule has 2 fully saturated rings. The van der Waals surface area contributed by atoms with Crippen LogP contribution in [0.2, 0.25) is 0 Å². The molecule has 3 heterocycles. The first-order valence-corrected chi connectivity index (χ1v) is 12.5. The van der Waals surface area contributed by atoms with Crippen LogP contribution in [0.15, 0.2) is 36.4 Å². The summed E-state index contributed by atoms with van der Waals surface area (Å²) in [4.78, 5) is 42.5. The molecular formula is C27H35N5O3. The van der Waals surface area contributed by atoms with Crippen LogP contribution in [0, 0.1) is 24.7 Å². The fourth-order valence-corrected chi connectivity index (χ4v) is 4.81. The minimum Gasteiger partial charge on any atom is -0.357 e. The smallest absolute Gasteiger partial charge is 0.227 e. The van der Waals surface area contributed by atoms with Gasteiger partial charge in [-0.25, -0.2) is 4.98 Å². The first-order valence-electron chi connectivity index (χ1n) is 12.5. The number of hydrogen-bond donors (Lipinski definition) is 3. The summed E-state index contributed by atoms with van der Waals surface area (Å²) in [6.45, 7) is 9.11. The topological polar surface area (TPSA) is 103 Å². The van der Waals surface area contributed by atoms with Crippen LogP contribution < -0.4 is 20.9 Å². The van der Waals surface area contributed by atoms with E-state index in [0.29, 0.717) is 6.54 Å². The molecule has 0 unspecified atom stereocenters. The number of rotatable bonds is 7. The Hall–Kier alpha value is -3.42. The van der Waals surface area contributed by atoms with Gasteiger partial charge in [-0.05, 0) is 61.4 Å². The van der Waals surface area contributed by atoms with Crippen LogP contribution in [0.25, 0.3) is 0 Å². The Morgan fingerprint density at radius 3 is 2.31 bits per heavy atom. The summed E-state index contributed by atoms with van der Waals surface area (Å²) in [6.07, 6.45) is 2.53. The minimum atomic E-state index is -0.600. The molecular weight excluding hydrogens is 442 g/mol. The van der Waals surface area contributed by atoms with Crippen molar-refractivity contribution in [1.29, 1.82) is 0 Å². The Morgan fingerprint density at radius 1 is 1.06 bits per heavy atom. The van der Waals surface area contributed by atoms with Gasteiger partial charge in [0.2, 0.25) is 17.7 Å². The lowest BCUT2D eigenvalue weighted by Crippen LogP contribution is -2.44. The highest BCUT2D eigenvalue weighted by atomic mass is 16.2. The van der Waals surface area contributed by atoms with Gasteiger partial charge in [-0.3, -0.25) is 19.7 Å². The molecule has 8 nitrogen and oxygen atoms in total. The van der Waals surface area contributed by atoms with E-state index in [1.165, 1.54) is 12.8 Å². The van der Waals surface area contributed by atoms with Gasteiger partial charge in [-0.1, -0.05) is 26.0 Å². The zero-order chi connectivity index (χ0) is 24.9. The fraction of sp³-hybridized carbons (Fsp3) is 0.481. The second-order valence-corrected chi connectivity index (χ2v) is 9.99. The second kappa shape index (κ2) is 10.9. The van der Waals surface area contributed by atoms with E-state index in [2.05, 4.69) is 46.8 Å². The molecule has 0 atom stereocenters. The number of imide groups is 1. The Balaban J connectivity index is 1.29. The number of amides is 3. The van der Waals surface area contributed by atoms with Crippen molar-refractivity contribution in [3.63, 3.8) is 0 Å². The Kier molecular flexibility index (Phi) is 7.68. The molecule has 186 valence electrons. The summed E-state index contributed by atoms with van der Waals surface area (Å²) in [5.41, 5.74) is 3.79. The second-order valence-electron chi connectivity index (χ2n) is 9.99. The van der Waals surface area contributed by atoms with Gasteiger partial charge < -0.3 is 15.5 Å². The van der Waals surface area contributed by atoms with Gasteiger partial charge in [0, 0.05) is 38.2 Å². The lowest BCUT2D eigenvalue weighted by molar-refractivity contribution is -0.140. The van der Waals surface area contributed by atoms with Crippen molar-refractivity contribution < 1.29 is 14.4 Å². The van der Waals surface area contributed by atoms with Gasteiger partial charge >= 0.3 is 0 Å². The highest BCUT2D eigenvalue weighted by Crippen LogP contribution is 2.29. The Bertz CT molecular complexity index is 1060. The van der Waals surface area contributed by atoms with Crippen molar-refractivity contribution in [2.45, 2.75) is 53.0 Å². The first kappa shape index (κ1) is 24.7. The molecule has 0 radical (unpaired) electrons. The molecule has 0 spiro atoms. The highest BCUT2D eigenvalue weighted by Gasteiger charge is 2.30. The van der Waals surface area contributed by atoms with E-state index >= 15 is 0 Å². The summed E-state index contributed by atoms with van der Waals surface area (Å²) >= 11 is 0. The summed E-state index contributed by atoms with van der Waals surface area (Å²) in [5, 5.41) is 8.48. The van der Waals surface area contributed by atoms with Crippen LogP contribution in [0.3, 0.4) is 0 Å². The van der Waals surface area contributed by atoms with Crippen molar-refractivity contribution in [1.82, 2.24) is 15.6 Å². The van der Waals surface area contributed by atoms with Crippen molar-refractivity contribution in [3.8, 4) is 0 Å². The lowest BCUT2D eigenvalue weighted by Gasteiger charge is -2.34. The predicted octanol–water partition coefficient (Wildman–Crippen LogP) is 3.68. The maximum atomic E-state index is 12.3. The van der Waals surface area contributed by atoms with Crippen LogP contribution in [0.1, 0.15) is 50.8 Å². The van der Waals surface area contributed by atoms with Crippen molar-refractivity contribution in [2.75, 3.05) is 23.3 Å². The number of piperidine rings is 2. The van der Waals surface area contributed by atoms with Gasteiger partial charge in [-0.15, -0.1) is 0 Å². The number of aryl methyl sites for hydroxylation is 1. The van der Waals surface area contributed by atoms with E-state index in [-0.39, 0.29) is 18.7 Å². The molecule has 35 heavy (non-hydrogen) atoms. The molecule has 0 saturated carbocycles. The van der Waals surface area contributed by atoms with Crippen molar-refractivity contribution >= 4 is 34.9 Å². The van der Waals surface area contributed by atoms with E-state index in [4.69, 9.17) is 4.98 Å². The highest BCUT2D eigenvalue weighted by molar-refractivity contribution is 6.02. The number of nitrogens with one attached hydrogen (secondary N) is 3. The third-order valence-electron chi connectivity index (χ3n) is 7.09. The van der Waals surface area contributed by atoms with Crippen LogP contribution >= 0.6 is 0 Å². The normalized spacial score (nSPS) is 17.4. The number of aromatic nitrogens is 1. The number of nitrogens with zero attached hydrogens (tertiary/aromatic N) is 2. The summed E-state index contributed by atoms with van der Waals surface area (Å²) in [5.74, 6) is 0.923. The van der Waals surface area contributed by atoms with Gasteiger partial charge in [0.15, 0.2) is 0 Å².